The maximum atomic E-state index is 13.6. The van der Waals surface area contributed by atoms with Crippen LogP contribution in [0.15, 0.2) is 30.5 Å². The van der Waals surface area contributed by atoms with E-state index in [9.17, 15) is 18.0 Å². The standard InChI is InChI=1S/C17H12F3N5O2/c1-8-3-4-12-14(22-8)25(16(23-12)17(18,19)20)10-5-9-7-21-24-13(9)11(6-10)15(26)27-2/h3-7H,1-2H3,(H,21,24). The van der Waals surface area contributed by atoms with Gasteiger partial charge < -0.3 is 4.74 Å². The van der Waals surface area contributed by atoms with Gasteiger partial charge in [-0.15, -0.1) is 0 Å². The Bertz CT molecular complexity index is 1190. The molecule has 0 aliphatic heterocycles. The van der Waals surface area contributed by atoms with Crippen molar-refractivity contribution in [2.24, 2.45) is 0 Å². The SMILES string of the molecule is COC(=O)c1cc(-n2c(C(F)(F)F)nc3ccc(C)nc32)cc2cn[nH]c12. The van der Waals surface area contributed by atoms with Crippen molar-refractivity contribution in [3.63, 3.8) is 0 Å². The summed E-state index contributed by atoms with van der Waals surface area (Å²) in [5.41, 5.74) is 1.19. The van der Waals surface area contributed by atoms with Crippen LogP contribution in [0.2, 0.25) is 0 Å². The van der Waals surface area contributed by atoms with Crippen molar-refractivity contribution in [2.45, 2.75) is 13.1 Å². The number of halogens is 3. The van der Waals surface area contributed by atoms with Gasteiger partial charge in [0.05, 0.1) is 30.1 Å². The molecule has 0 bridgehead atoms. The summed E-state index contributed by atoms with van der Waals surface area (Å²) in [6.07, 6.45) is -3.30. The van der Waals surface area contributed by atoms with Crippen molar-refractivity contribution in [2.75, 3.05) is 7.11 Å². The molecule has 0 spiro atoms. The number of pyridine rings is 1. The van der Waals surface area contributed by atoms with Crippen molar-refractivity contribution in [1.29, 1.82) is 0 Å². The van der Waals surface area contributed by atoms with Gasteiger partial charge in [-0.3, -0.25) is 9.67 Å². The molecule has 1 N–H and O–H groups in total. The second-order valence-corrected chi connectivity index (χ2v) is 5.88. The number of aryl methyl sites for hydroxylation is 1. The van der Waals surface area contributed by atoms with Crippen LogP contribution in [-0.2, 0) is 10.9 Å². The number of esters is 1. The Morgan fingerprint density at radius 3 is 2.70 bits per heavy atom. The predicted molar refractivity (Wildman–Crippen MR) is 89.6 cm³/mol. The summed E-state index contributed by atoms with van der Waals surface area (Å²) in [5.74, 6) is -1.83. The normalized spacial score (nSPS) is 12.0. The first-order chi connectivity index (χ1) is 12.8. The van der Waals surface area contributed by atoms with Crippen LogP contribution in [-0.4, -0.2) is 37.8 Å². The molecule has 4 aromatic rings. The van der Waals surface area contributed by atoms with Gasteiger partial charge >= 0.3 is 12.1 Å². The Balaban J connectivity index is 2.10. The summed E-state index contributed by atoms with van der Waals surface area (Å²) in [5, 5.41) is 6.96. The maximum Gasteiger partial charge on any atom is 0.450 e. The highest BCUT2D eigenvalue weighted by Gasteiger charge is 2.38. The van der Waals surface area contributed by atoms with Crippen molar-refractivity contribution in [1.82, 2.24) is 24.7 Å². The van der Waals surface area contributed by atoms with Gasteiger partial charge in [-0.2, -0.15) is 18.3 Å². The number of carbonyl (C=O) groups excluding carboxylic acids is 1. The van der Waals surface area contributed by atoms with Crippen LogP contribution < -0.4 is 0 Å². The number of benzene rings is 1. The summed E-state index contributed by atoms with van der Waals surface area (Å²) in [7, 11) is 1.19. The van der Waals surface area contributed by atoms with Gasteiger partial charge in [-0.1, -0.05) is 0 Å². The van der Waals surface area contributed by atoms with Crippen LogP contribution in [0, 0.1) is 6.92 Å². The molecule has 0 unspecified atom stereocenters. The molecule has 0 fully saturated rings. The first-order valence-electron chi connectivity index (χ1n) is 7.78. The van der Waals surface area contributed by atoms with E-state index in [1.165, 1.54) is 31.5 Å². The number of methoxy groups -OCH3 is 1. The van der Waals surface area contributed by atoms with Crippen LogP contribution in [0.5, 0.6) is 0 Å². The number of aromatic nitrogens is 5. The maximum absolute atomic E-state index is 13.6. The van der Waals surface area contributed by atoms with E-state index in [1.54, 1.807) is 13.0 Å². The molecule has 0 saturated heterocycles. The molecule has 3 heterocycles. The summed E-state index contributed by atoms with van der Waals surface area (Å²) in [4.78, 5) is 20.0. The molecule has 0 aliphatic rings. The van der Waals surface area contributed by atoms with Crippen molar-refractivity contribution in [3.05, 3.63) is 47.5 Å². The Morgan fingerprint density at radius 2 is 2.00 bits per heavy atom. The molecule has 0 atom stereocenters. The highest BCUT2D eigenvalue weighted by atomic mass is 19.4. The number of aromatic amines is 1. The highest BCUT2D eigenvalue weighted by molar-refractivity contribution is 6.03. The molecule has 138 valence electrons. The Morgan fingerprint density at radius 1 is 1.22 bits per heavy atom. The molecule has 3 aromatic heterocycles. The Hall–Kier alpha value is -3.43. The van der Waals surface area contributed by atoms with E-state index in [0.29, 0.717) is 16.6 Å². The van der Waals surface area contributed by atoms with Crippen LogP contribution in [0.1, 0.15) is 21.9 Å². The summed E-state index contributed by atoms with van der Waals surface area (Å²) < 4.78 is 46.5. The van der Waals surface area contributed by atoms with Gasteiger partial charge in [0.15, 0.2) is 5.65 Å². The molecule has 0 aliphatic carbocycles. The van der Waals surface area contributed by atoms with Crippen molar-refractivity contribution in [3.8, 4) is 5.69 Å². The second kappa shape index (κ2) is 5.79. The molecule has 0 radical (unpaired) electrons. The minimum absolute atomic E-state index is 0.0426. The minimum Gasteiger partial charge on any atom is -0.465 e. The van der Waals surface area contributed by atoms with E-state index in [1.807, 2.05) is 0 Å². The average molecular weight is 375 g/mol. The number of hydrogen-bond donors (Lipinski definition) is 1. The highest BCUT2D eigenvalue weighted by Crippen LogP contribution is 2.34. The largest absolute Gasteiger partial charge is 0.465 e. The van der Waals surface area contributed by atoms with Crippen LogP contribution in [0.3, 0.4) is 0 Å². The molecule has 4 rings (SSSR count). The molecular weight excluding hydrogens is 363 g/mol. The van der Waals surface area contributed by atoms with Crippen LogP contribution in [0.4, 0.5) is 13.2 Å². The third-order valence-corrected chi connectivity index (χ3v) is 4.09. The number of ether oxygens (including phenoxy) is 1. The topological polar surface area (TPSA) is 85.7 Å². The zero-order valence-electron chi connectivity index (χ0n) is 14.1. The van der Waals surface area contributed by atoms with Crippen molar-refractivity contribution >= 4 is 28.0 Å². The van der Waals surface area contributed by atoms with Crippen molar-refractivity contribution < 1.29 is 22.7 Å². The minimum atomic E-state index is -4.72. The summed E-state index contributed by atoms with van der Waals surface area (Å²) in [6.45, 7) is 1.67. The number of imidazole rings is 1. The van der Waals surface area contributed by atoms with Gasteiger partial charge in [-0.05, 0) is 31.2 Å². The fourth-order valence-corrected chi connectivity index (χ4v) is 2.93. The van der Waals surface area contributed by atoms with E-state index in [2.05, 4.69) is 20.2 Å². The van der Waals surface area contributed by atoms with Gasteiger partial charge in [0.2, 0.25) is 5.82 Å². The lowest BCUT2D eigenvalue weighted by atomic mass is 10.1. The monoisotopic (exact) mass is 375 g/mol. The van der Waals surface area contributed by atoms with Crippen LogP contribution >= 0.6 is 0 Å². The van der Waals surface area contributed by atoms with E-state index in [0.717, 1.165) is 4.57 Å². The first kappa shape index (κ1) is 17.0. The van der Waals surface area contributed by atoms with Gasteiger partial charge in [-0.25, -0.2) is 14.8 Å². The molecule has 7 nitrogen and oxygen atoms in total. The quantitative estimate of drug-likeness (QED) is 0.543. The molecule has 0 saturated carbocycles. The van der Waals surface area contributed by atoms with Crippen LogP contribution in [0.25, 0.3) is 27.8 Å². The van der Waals surface area contributed by atoms with Gasteiger partial charge in [0.1, 0.15) is 5.52 Å². The second-order valence-electron chi connectivity index (χ2n) is 5.88. The first-order valence-corrected chi connectivity index (χ1v) is 7.78. The van der Waals surface area contributed by atoms with Gasteiger partial charge in [0, 0.05) is 11.1 Å². The number of fused-ring (bicyclic) bond motifs is 2. The summed E-state index contributed by atoms with van der Waals surface area (Å²) >= 11 is 0. The molecule has 1 aromatic carbocycles. The fraction of sp³-hybridized carbons (Fsp3) is 0.176. The lowest BCUT2D eigenvalue weighted by Gasteiger charge is -2.12. The number of hydrogen-bond acceptors (Lipinski definition) is 5. The third kappa shape index (κ3) is 2.69. The van der Waals surface area contributed by atoms with E-state index in [4.69, 9.17) is 4.74 Å². The number of nitrogens with zero attached hydrogens (tertiary/aromatic N) is 4. The lowest BCUT2D eigenvalue weighted by Crippen LogP contribution is -2.15. The number of nitrogens with one attached hydrogen (secondary N) is 1. The molecular formula is C17H12F3N5O2. The average Bonchev–Trinajstić information content (AvgIpc) is 3.23. The smallest absolute Gasteiger partial charge is 0.450 e. The Labute approximate surface area is 149 Å². The van der Waals surface area contributed by atoms with E-state index < -0.39 is 18.0 Å². The molecule has 10 heteroatoms. The zero-order chi connectivity index (χ0) is 19.3. The fourth-order valence-electron chi connectivity index (χ4n) is 2.93. The lowest BCUT2D eigenvalue weighted by molar-refractivity contribution is -0.145. The zero-order valence-corrected chi connectivity index (χ0v) is 14.1. The number of rotatable bonds is 2. The number of carbonyl (C=O) groups is 1. The summed E-state index contributed by atoms with van der Waals surface area (Å²) in [6, 6.07) is 5.83. The predicted octanol–water partition coefficient (Wildman–Crippen LogP) is 3.41. The Kier molecular flexibility index (Phi) is 3.65. The van der Waals surface area contributed by atoms with E-state index >= 15 is 0 Å². The number of alkyl halides is 3. The molecule has 0 amide bonds. The third-order valence-electron chi connectivity index (χ3n) is 4.09. The number of H-pyrrole nitrogens is 1. The van der Waals surface area contributed by atoms with Gasteiger partial charge in [0.25, 0.3) is 0 Å². The molecule has 27 heavy (non-hydrogen) atoms. The van der Waals surface area contributed by atoms with E-state index in [-0.39, 0.29) is 22.4 Å².